The van der Waals surface area contributed by atoms with Crippen LogP contribution in [0.15, 0.2) is 85.1 Å². The number of nitrogens with zero attached hydrogens (tertiary/aromatic N) is 3. The number of nitriles is 1. The zero-order valence-electron chi connectivity index (χ0n) is 17.9. The minimum Gasteiger partial charge on any atom is -0.487 e. The molecule has 3 heterocycles. The first-order chi connectivity index (χ1) is 16.7. The Morgan fingerprint density at radius 1 is 0.912 bits per heavy atom. The first kappa shape index (κ1) is 20.2. The van der Waals surface area contributed by atoms with E-state index in [4.69, 9.17) is 16.3 Å². The molecular formula is C28H17ClN4O. The number of hydrogen-bond acceptors (Lipinski definition) is 4. The molecule has 0 aliphatic rings. The van der Waals surface area contributed by atoms with Gasteiger partial charge in [0.2, 0.25) is 0 Å². The number of nitrogens with one attached hydrogen (secondary N) is 1. The first-order valence-corrected chi connectivity index (χ1v) is 11.2. The zero-order chi connectivity index (χ0) is 23.1. The van der Waals surface area contributed by atoms with Crippen molar-refractivity contribution in [3.63, 3.8) is 0 Å². The van der Waals surface area contributed by atoms with Crippen molar-refractivity contribution >= 4 is 44.3 Å². The normalized spacial score (nSPS) is 11.2. The number of rotatable bonds is 4. The number of benzene rings is 3. The third kappa shape index (κ3) is 3.51. The maximum Gasteiger partial charge on any atom is 0.164 e. The van der Waals surface area contributed by atoms with Crippen LogP contribution in [0.25, 0.3) is 43.8 Å². The first-order valence-electron chi connectivity index (χ1n) is 10.8. The lowest BCUT2D eigenvalue weighted by molar-refractivity contribution is 0.302. The summed E-state index contributed by atoms with van der Waals surface area (Å²) in [6.45, 7) is 0.386. The molecule has 3 aromatic carbocycles. The number of aromatic nitrogens is 3. The Kier molecular flexibility index (Phi) is 4.87. The third-order valence-electron chi connectivity index (χ3n) is 5.91. The van der Waals surface area contributed by atoms with Crippen molar-refractivity contribution in [1.82, 2.24) is 15.0 Å². The number of pyridine rings is 2. The van der Waals surface area contributed by atoms with Gasteiger partial charge in [0.05, 0.1) is 22.2 Å². The van der Waals surface area contributed by atoms with Gasteiger partial charge in [-0.05, 0) is 48.0 Å². The standard InChI is InChI=1S/C28H17ClN4O/c29-19-13-23(27-24(14-19)22-11-12-31-26(15-30)28(22)33-27)17-6-9-21(10-7-17)34-16-20-8-5-18-3-1-2-4-25(18)32-20/h1-14,33H,16H2. The van der Waals surface area contributed by atoms with Crippen LogP contribution < -0.4 is 4.74 Å². The summed E-state index contributed by atoms with van der Waals surface area (Å²) in [7, 11) is 0. The van der Waals surface area contributed by atoms with E-state index >= 15 is 0 Å². The van der Waals surface area contributed by atoms with E-state index in [0.717, 1.165) is 49.8 Å². The molecule has 162 valence electrons. The summed E-state index contributed by atoms with van der Waals surface area (Å²) in [5.74, 6) is 0.754. The second kappa shape index (κ2) is 8.18. The van der Waals surface area contributed by atoms with Gasteiger partial charge in [-0.2, -0.15) is 5.26 Å². The highest BCUT2D eigenvalue weighted by molar-refractivity contribution is 6.32. The molecule has 34 heavy (non-hydrogen) atoms. The minimum atomic E-state index is 0.363. The molecule has 0 bridgehead atoms. The van der Waals surface area contributed by atoms with Gasteiger partial charge in [-0.1, -0.05) is 48.0 Å². The molecule has 0 saturated carbocycles. The van der Waals surface area contributed by atoms with E-state index in [9.17, 15) is 5.26 Å². The van der Waals surface area contributed by atoms with Gasteiger partial charge >= 0.3 is 0 Å². The molecule has 6 heteroatoms. The molecule has 1 N–H and O–H groups in total. The van der Waals surface area contributed by atoms with Crippen LogP contribution in [0.4, 0.5) is 0 Å². The lowest BCUT2D eigenvalue weighted by atomic mass is 10.0. The Bertz CT molecular complexity index is 1730. The number of fused-ring (bicyclic) bond motifs is 4. The highest BCUT2D eigenvalue weighted by Crippen LogP contribution is 2.37. The Morgan fingerprint density at radius 2 is 1.76 bits per heavy atom. The summed E-state index contributed by atoms with van der Waals surface area (Å²) in [5.41, 5.74) is 5.76. The average molecular weight is 461 g/mol. The van der Waals surface area contributed by atoms with Crippen molar-refractivity contribution in [2.24, 2.45) is 0 Å². The zero-order valence-corrected chi connectivity index (χ0v) is 18.7. The Balaban J connectivity index is 1.31. The monoisotopic (exact) mass is 460 g/mol. The molecule has 0 amide bonds. The SMILES string of the molecule is N#Cc1nccc2c1[nH]c1c(-c3ccc(OCc4ccc5ccccc5n4)cc3)cc(Cl)cc12. The van der Waals surface area contributed by atoms with Crippen molar-refractivity contribution in [2.45, 2.75) is 6.61 Å². The van der Waals surface area contributed by atoms with Gasteiger partial charge in [-0.3, -0.25) is 0 Å². The van der Waals surface area contributed by atoms with Crippen LogP contribution in [0.2, 0.25) is 5.02 Å². The fraction of sp³-hybridized carbons (Fsp3) is 0.0357. The number of hydrogen-bond donors (Lipinski definition) is 1. The molecule has 0 radical (unpaired) electrons. The van der Waals surface area contributed by atoms with Crippen LogP contribution in [-0.4, -0.2) is 15.0 Å². The van der Waals surface area contributed by atoms with E-state index < -0.39 is 0 Å². The van der Waals surface area contributed by atoms with Crippen LogP contribution in [0.3, 0.4) is 0 Å². The molecule has 0 aliphatic carbocycles. The molecule has 6 aromatic rings. The van der Waals surface area contributed by atoms with Crippen molar-refractivity contribution in [3.05, 3.63) is 101 Å². The van der Waals surface area contributed by atoms with Crippen LogP contribution in [0.1, 0.15) is 11.4 Å². The highest BCUT2D eigenvalue weighted by atomic mass is 35.5. The Labute approximate surface area is 200 Å². The van der Waals surface area contributed by atoms with Crippen molar-refractivity contribution in [3.8, 4) is 22.9 Å². The molecule has 5 nitrogen and oxygen atoms in total. The van der Waals surface area contributed by atoms with Crippen LogP contribution >= 0.6 is 11.6 Å². The van der Waals surface area contributed by atoms with Gasteiger partial charge in [0.15, 0.2) is 5.69 Å². The minimum absolute atomic E-state index is 0.363. The largest absolute Gasteiger partial charge is 0.487 e. The van der Waals surface area contributed by atoms with Crippen molar-refractivity contribution in [1.29, 1.82) is 5.26 Å². The van der Waals surface area contributed by atoms with E-state index in [1.807, 2.05) is 72.8 Å². The highest BCUT2D eigenvalue weighted by Gasteiger charge is 2.14. The molecule has 0 fully saturated rings. The third-order valence-corrected chi connectivity index (χ3v) is 6.13. The average Bonchev–Trinajstić information content (AvgIpc) is 3.26. The number of halogens is 1. The molecule has 0 unspecified atom stereocenters. The van der Waals surface area contributed by atoms with Gasteiger partial charge in [-0.15, -0.1) is 0 Å². The lowest BCUT2D eigenvalue weighted by Gasteiger charge is -2.09. The molecule has 0 spiro atoms. The summed E-state index contributed by atoms with van der Waals surface area (Å²) in [6.07, 6.45) is 1.64. The van der Waals surface area contributed by atoms with Gasteiger partial charge in [0, 0.05) is 32.9 Å². The molecule has 0 atom stereocenters. The second-order valence-electron chi connectivity index (χ2n) is 8.00. The maximum absolute atomic E-state index is 9.44. The molecule has 0 saturated heterocycles. The Hall–Kier alpha value is -4.40. The number of para-hydroxylation sites is 1. The summed E-state index contributed by atoms with van der Waals surface area (Å²) >= 11 is 6.47. The van der Waals surface area contributed by atoms with E-state index in [-0.39, 0.29) is 0 Å². The van der Waals surface area contributed by atoms with E-state index in [1.54, 1.807) is 6.20 Å². The predicted octanol–water partition coefficient (Wildman–Crippen LogP) is 7.04. The predicted molar refractivity (Wildman–Crippen MR) is 135 cm³/mol. The van der Waals surface area contributed by atoms with E-state index in [0.29, 0.717) is 22.8 Å². The molecule has 0 aliphatic heterocycles. The molecule has 3 aromatic heterocycles. The van der Waals surface area contributed by atoms with Crippen molar-refractivity contribution < 1.29 is 4.74 Å². The van der Waals surface area contributed by atoms with Crippen LogP contribution in [-0.2, 0) is 6.61 Å². The number of H-pyrrole nitrogens is 1. The van der Waals surface area contributed by atoms with E-state index in [1.165, 1.54) is 0 Å². The quantitative estimate of drug-likeness (QED) is 0.306. The van der Waals surface area contributed by atoms with Gasteiger partial charge < -0.3 is 9.72 Å². The smallest absolute Gasteiger partial charge is 0.164 e. The molecular weight excluding hydrogens is 444 g/mol. The van der Waals surface area contributed by atoms with E-state index in [2.05, 4.69) is 27.1 Å². The summed E-state index contributed by atoms with van der Waals surface area (Å²) in [5, 5.41) is 13.1. The Morgan fingerprint density at radius 3 is 2.62 bits per heavy atom. The second-order valence-corrected chi connectivity index (χ2v) is 8.44. The fourth-order valence-corrected chi connectivity index (χ4v) is 4.50. The molecule has 6 rings (SSSR count). The van der Waals surface area contributed by atoms with Crippen molar-refractivity contribution in [2.75, 3.05) is 0 Å². The number of ether oxygens (including phenoxy) is 1. The summed E-state index contributed by atoms with van der Waals surface area (Å²) in [4.78, 5) is 12.2. The van der Waals surface area contributed by atoms with Gasteiger partial charge in [0.25, 0.3) is 0 Å². The van der Waals surface area contributed by atoms with Gasteiger partial charge in [-0.25, -0.2) is 9.97 Å². The topological polar surface area (TPSA) is 74.6 Å². The van der Waals surface area contributed by atoms with Gasteiger partial charge in [0.1, 0.15) is 18.4 Å². The maximum atomic E-state index is 9.44. The number of aromatic amines is 1. The van der Waals surface area contributed by atoms with Crippen LogP contribution in [0.5, 0.6) is 5.75 Å². The summed E-state index contributed by atoms with van der Waals surface area (Å²) < 4.78 is 5.98. The fourth-order valence-electron chi connectivity index (χ4n) is 4.28. The van der Waals surface area contributed by atoms with Crippen LogP contribution in [0, 0.1) is 11.3 Å². The summed E-state index contributed by atoms with van der Waals surface area (Å²) in [6, 6.07) is 27.8. The lowest BCUT2D eigenvalue weighted by Crippen LogP contribution is -1.98.